The van der Waals surface area contributed by atoms with Crippen LogP contribution < -0.4 is 10.1 Å². The Morgan fingerprint density at radius 1 is 1.28 bits per heavy atom. The van der Waals surface area contributed by atoms with E-state index in [1.807, 2.05) is 25.1 Å². The number of hydrogen-bond donors (Lipinski definition) is 1. The molecule has 4 heteroatoms. The second kappa shape index (κ2) is 8.24. The van der Waals surface area contributed by atoms with Crippen molar-refractivity contribution in [1.82, 2.24) is 9.88 Å². The fraction of sp³-hybridized carbons (Fsp3) is 0.476. The third kappa shape index (κ3) is 4.06. The van der Waals surface area contributed by atoms with E-state index in [2.05, 4.69) is 43.6 Å². The molecule has 0 aliphatic rings. The van der Waals surface area contributed by atoms with E-state index in [1.165, 1.54) is 5.56 Å². The van der Waals surface area contributed by atoms with Gasteiger partial charge in [-0.25, -0.2) is 0 Å². The topological polar surface area (TPSA) is 43.3 Å². The van der Waals surface area contributed by atoms with Crippen molar-refractivity contribution in [2.75, 3.05) is 7.11 Å². The van der Waals surface area contributed by atoms with Crippen LogP contribution in [0.4, 0.5) is 0 Å². The van der Waals surface area contributed by atoms with Gasteiger partial charge in [0.15, 0.2) is 0 Å². The minimum absolute atomic E-state index is 0.0116. The summed E-state index contributed by atoms with van der Waals surface area (Å²) >= 11 is 0. The molecule has 1 atom stereocenters. The molecule has 0 fully saturated rings. The van der Waals surface area contributed by atoms with Crippen LogP contribution in [0.15, 0.2) is 24.3 Å². The van der Waals surface area contributed by atoms with Gasteiger partial charge in [-0.1, -0.05) is 26.0 Å². The zero-order valence-corrected chi connectivity index (χ0v) is 16.3. The standard InChI is InChI=1S/C21H30N2O2/c1-7-14(3)22-21(24)20-15(4)19(8-2)16(5)23(20)13-17-10-9-11-18(12-17)25-6/h9-12,14H,7-8,13H2,1-6H3,(H,22,24)/t14-/m1/s1. The van der Waals surface area contributed by atoms with E-state index >= 15 is 0 Å². The van der Waals surface area contributed by atoms with Gasteiger partial charge < -0.3 is 14.6 Å². The minimum Gasteiger partial charge on any atom is -0.497 e. The number of rotatable bonds is 7. The Bertz CT molecular complexity index is 747. The van der Waals surface area contributed by atoms with Gasteiger partial charge in [-0.2, -0.15) is 0 Å². The van der Waals surface area contributed by atoms with E-state index in [0.29, 0.717) is 6.54 Å². The first-order valence-corrected chi connectivity index (χ1v) is 9.05. The van der Waals surface area contributed by atoms with Crippen molar-refractivity contribution >= 4 is 5.91 Å². The van der Waals surface area contributed by atoms with Crippen LogP contribution in [0.3, 0.4) is 0 Å². The Hall–Kier alpha value is -2.23. The van der Waals surface area contributed by atoms with E-state index in [0.717, 1.165) is 41.1 Å². The van der Waals surface area contributed by atoms with E-state index in [1.54, 1.807) is 7.11 Å². The normalized spacial score (nSPS) is 12.1. The van der Waals surface area contributed by atoms with Crippen LogP contribution in [0.2, 0.25) is 0 Å². The number of nitrogens with one attached hydrogen (secondary N) is 1. The first-order chi connectivity index (χ1) is 11.9. The lowest BCUT2D eigenvalue weighted by atomic mass is 10.1. The molecule has 1 amide bonds. The Kier molecular flexibility index (Phi) is 6.29. The fourth-order valence-electron chi connectivity index (χ4n) is 3.31. The summed E-state index contributed by atoms with van der Waals surface area (Å²) in [6.07, 6.45) is 1.84. The molecule has 0 saturated heterocycles. The Morgan fingerprint density at radius 2 is 2.00 bits per heavy atom. The second-order valence-corrected chi connectivity index (χ2v) is 6.61. The molecule has 25 heavy (non-hydrogen) atoms. The Morgan fingerprint density at radius 3 is 2.60 bits per heavy atom. The molecule has 1 N–H and O–H groups in total. The number of benzene rings is 1. The van der Waals surface area contributed by atoms with Crippen LogP contribution in [0.25, 0.3) is 0 Å². The van der Waals surface area contributed by atoms with Crippen LogP contribution in [-0.2, 0) is 13.0 Å². The predicted octanol–water partition coefficient (Wildman–Crippen LogP) is 4.25. The second-order valence-electron chi connectivity index (χ2n) is 6.61. The molecule has 4 nitrogen and oxygen atoms in total. The highest BCUT2D eigenvalue weighted by Gasteiger charge is 2.22. The Balaban J connectivity index is 2.46. The number of ether oxygens (including phenoxy) is 1. The predicted molar refractivity (Wildman–Crippen MR) is 103 cm³/mol. The lowest BCUT2D eigenvalue weighted by molar-refractivity contribution is 0.0929. The quantitative estimate of drug-likeness (QED) is 0.817. The van der Waals surface area contributed by atoms with Gasteiger partial charge in [-0.3, -0.25) is 4.79 Å². The largest absolute Gasteiger partial charge is 0.497 e. The SMILES string of the molecule is CCc1c(C)c(C(=O)N[C@H](C)CC)n(Cc2cccc(OC)c2)c1C. The van der Waals surface area contributed by atoms with Crippen molar-refractivity contribution in [1.29, 1.82) is 0 Å². The van der Waals surface area contributed by atoms with Gasteiger partial charge in [-0.05, 0) is 62.4 Å². The minimum atomic E-state index is 0.0116. The van der Waals surface area contributed by atoms with Gasteiger partial charge in [0.1, 0.15) is 11.4 Å². The molecular weight excluding hydrogens is 312 g/mol. The molecule has 0 spiro atoms. The van der Waals surface area contributed by atoms with E-state index in [-0.39, 0.29) is 11.9 Å². The molecule has 0 radical (unpaired) electrons. The summed E-state index contributed by atoms with van der Waals surface area (Å²) in [5.74, 6) is 0.845. The molecule has 136 valence electrons. The van der Waals surface area contributed by atoms with E-state index < -0.39 is 0 Å². The maximum Gasteiger partial charge on any atom is 0.268 e. The number of nitrogens with zero attached hydrogens (tertiary/aromatic N) is 1. The number of methoxy groups -OCH3 is 1. The third-order valence-electron chi connectivity index (χ3n) is 4.95. The summed E-state index contributed by atoms with van der Waals surface area (Å²) in [7, 11) is 1.67. The summed E-state index contributed by atoms with van der Waals surface area (Å²) in [6, 6.07) is 8.18. The lowest BCUT2D eigenvalue weighted by Gasteiger charge is -2.16. The molecule has 1 aromatic carbocycles. The first-order valence-electron chi connectivity index (χ1n) is 9.05. The Labute approximate surface area is 151 Å². The van der Waals surface area contributed by atoms with Crippen LogP contribution in [0.1, 0.15) is 60.1 Å². The highest BCUT2D eigenvalue weighted by molar-refractivity contribution is 5.95. The van der Waals surface area contributed by atoms with Crippen molar-refractivity contribution in [3.05, 3.63) is 52.3 Å². The number of carbonyl (C=O) groups is 1. The summed E-state index contributed by atoms with van der Waals surface area (Å²) in [4.78, 5) is 12.9. The molecule has 2 rings (SSSR count). The zero-order valence-electron chi connectivity index (χ0n) is 16.3. The zero-order chi connectivity index (χ0) is 18.6. The molecule has 0 unspecified atom stereocenters. The summed E-state index contributed by atoms with van der Waals surface area (Å²) < 4.78 is 7.47. The molecule has 0 saturated carbocycles. The highest BCUT2D eigenvalue weighted by atomic mass is 16.5. The van der Waals surface area contributed by atoms with Gasteiger partial charge in [-0.15, -0.1) is 0 Å². The van der Waals surface area contributed by atoms with Crippen molar-refractivity contribution in [2.45, 2.75) is 60.0 Å². The maximum absolute atomic E-state index is 12.9. The third-order valence-corrected chi connectivity index (χ3v) is 4.95. The number of carbonyl (C=O) groups excluding carboxylic acids is 1. The summed E-state index contributed by atoms with van der Waals surface area (Å²) in [6.45, 7) is 11.1. The van der Waals surface area contributed by atoms with Gasteiger partial charge in [0.25, 0.3) is 5.91 Å². The number of hydrogen-bond acceptors (Lipinski definition) is 2. The highest BCUT2D eigenvalue weighted by Crippen LogP contribution is 2.25. The summed E-state index contributed by atoms with van der Waals surface area (Å²) in [5, 5.41) is 3.12. The number of amides is 1. The van der Waals surface area contributed by atoms with E-state index in [9.17, 15) is 4.79 Å². The van der Waals surface area contributed by atoms with Crippen molar-refractivity contribution in [3.8, 4) is 5.75 Å². The molecule has 0 aliphatic carbocycles. The smallest absolute Gasteiger partial charge is 0.268 e. The van der Waals surface area contributed by atoms with Crippen LogP contribution in [0, 0.1) is 13.8 Å². The fourth-order valence-corrected chi connectivity index (χ4v) is 3.31. The van der Waals surface area contributed by atoms with Crippen LogP contribution in [0.5, 0.6) is 5.75 Å². The van der Waals surface area contributed by atoms with Crippen molar-refractivity contribution in [2.24, 2.45) is 0 Å². The number of aromatic nitrogens is 1. The average Bonchev–Trinajstić information content (AvgIpc) is 2.84. The molecule has 1 aromatic heterocycles. The van der Waals surface area contributed by atoms with Crippen LogP contribution >= 0.6 is 0 Å². The lowest BCUT2D eigenvalue weighted by Crippen LogP contribution is -2.34. The monoisotopic (exact) mass is 342 g/mol. The molecule has 2 aromatic rings. The van der Waals surface area contributed by atoms with Gasteiger partial charge in [0.2, 0.25) is 0 Å². The first kappa shape index (κ1) is 19.1. The van der Waals surface area contributed by atoms with Gasteiger partial charge >= 0.3 is 0 Å². The summed E-state index contributed by atoms with van der Waals surface area (Å²) in [5.41, 5.74) is 5.41. The molecule has 1 heterocycles. The van der Waals surface area contributed by atoms with Crippen molar-refractivity contribution < 1.29 is 9.53 Å². The van der Waals surface area contributed by atoms with Gasteiger partial charge in [0, 0.05) is 18.3 Å². The van der Waals surface area contributed by atoms with Crippen molar-refractivity contribution in [3.63, 3.8) is 0 Å². The van der Waals surface area contributed by atoms with Gasteiger partial charge in [0.05, 0.1) is 7.11 Å². The molecular formula is C21H30N2O2. The molecule has 0 bridgehead atoms. The molecule has 0 aliphatic heterocycles. The van der Waals surface area contributed by atoms with Crippen LogP contribution in [-0.4, -0.2) is 23.6 Å². The van der Waals surface area contributed by atoms with E-state index in [4.69, 9.17) is 4.74 Å². The average molecular weight is 342 g/mol. The maximum atomic E-state index is 12.9.